The summed E-state index contributed by atoms with van der Waals surface area (Å²) in [5.41, 5.74) is -0.976. The SMILES string of the molecule is C.C.C.C.C.C.C.C.CCC(C)(C)C(=O)OCOCC1(C)C2CC3CC(C2)CC1C3.CCC(C)(C)C(=O)OCOCC1(C)CC2CCC1C2.CCC(C)(C)C(=O)OCOCC1CCCC1.CCC(C)(C)C(=O)OCOCC1CCCCC1. The maximum absolute atomic E-state index is 12.0. The summed E-state index contributed by atoms with van der Waals surface area (Å²) < 4.78 is 43.1. The van der Waals surface area contributed by atoms with Gasteiger partial charge >= 0.3 is 23.9 Å². The number of hydrogen-bond acceptors (Lipinski definition) is 12. The second-order valence-electron chi connectivity index (χ2n) is 27.3. The third-order valence-corrected chi connectivity index (χ3v) is 19.9. The van der Waals surface area contributed by atoms with Gasteiger partial charge in [-0.15, -0.1) is 0 Å². The third kappa shape index (κ3) is 26.8. The van der Waals surface area contributed by atoms with E-state index in [1.807, 2.05) is 83.1 Å². The lowest BCUT2D eigenvalue weighted by atomic mass is 9.46. The van der Waals surface area contributed by atoms with Gasteiger partial charge in [0.15, 0.2) is 27.2 Å². The Balaban J connectivity index is -0.000000313. The van der Waals surface area contributed by atoms with E-state index in [1.54, 1.807) is 0 Å². The molecule has 12 heteroatoms. The Morgan fingerprint density at radius 1 is 0.378 bits per heavy atom. The molecule has 0 heterocycles. The lowest BCUT2D eigenvalue weighted by Gasteiger charge is -2.60. The molecule has 8 fully saturated rings. The molecule has 8 aliphatic carbocycles. The molecule has 8 rings (SSSR count). The van der Waals surface area contributed by atoms with E-state index in [2.05, 4.69) is 13.8 Å². The molecule has 0 N–H and O–H groups in total. The van der Waals surface area contributed by atoms with E-state index >= 15 is 0 Å². The summed E-state index contributed by atoms with van der Waals surface area (Å²) in [6.45, 7) is 31.4. The van der Waals surface area contributed by atoms with Gasteiger partial charge < -0.3 is 37.9 Å². The van der Waals surface area contributed by atoms with Crippen molar-refractivity contribution in [3.8, 4) is 0 Å². The molecule has 82 heavy (non-hydrogen) atoms. The van der Waals surface area contributed by atoms with E-state index in [0.717, 1.165) is 87.6 Å². The summed E-state index contributed by atoms with van der Waals surface area (Å²) in [4.78, 5) is 47.0. The highest BCUT2D eigenvalue weighted by Crippen LogP contribution is 2.62. The molecule has 0 aromatic heterocycles. The summed E-state index contributed by atoms with van der Waals surface area (Å²) in [6.07, 6.45) is 27.3. The maximum Gasteiger partial charge on any atom is 0.313 e. The van der Waals surface area contributed by atoms with Crippen molar-refractivity contribution in [1.29, 1.82) is 0 Å². The first-order valence-electron chi connectivity index (χ1n) is 29.8. The smallest absolute Gasteiger partial charge is 0.313 e. The molecule has 12 nitrogen and oxygen atoms in total. The summed E-state index contributed by atoms with van der Waals surface area (Å²) in [5, 5.41) is 0. The fourth-order valence-electron chi connectivity index (χ4n) is 12.6. The van der Waals surface area contributed by atoms with Crippen LogP contribution in [0.4, 0.5) is 0 Å². The van der Waals surface area contributed by atoms with Crippen molar-refractivity contribution in [1.82, 2.24) is 0 Å². The van der Waals surface area contributed by atoms with Crippen LogP contribution in [-0.2, 0) is 57.1 Å². The molecule has 3 atom stereocenters. The van der Waals surface area contributed by atoms with Gasteiger partial charge in [0.1, 0.15) is 0 Å². The predicted octanol–water partition coefficient (Wildman–Crippen LogP) is 19.9. The highest BCUT2D eigenvalue weighted by molar-refractivity contribution is 5.77. The fraction of sp³-hybridized carbons (Fsp3) is 0.943. The summed E-state index contributed by atoms with van der Waals surface area (Å²) >= 11 is 0. The first-order valence-corrected chi connectivity index (χ1v) is 29.8. The predicted molar refractivity (Wildman–Crippen MR) is 345 cm³/mol. The summed E-state index contributed by atoms with van der Waals surface area (Å²) in [7, 11) is 0. The molecule has 8 aliphatic rings. The molecule has 0 spiro atoms. The average Bonchev–Trinajstić information content (AvgIpc) is 4.16. The quantitative estimate of drug-likeness (QED) is 0.0393. The Kier molecular flexibility index (Phi) is 44.2. The summed E-state index contributed by atoms with van der Waals surface area (Å²) in [5.74, 6) is 6.07. The van der Waals surface area contributed by atoms with Crippen LogP contribution in [0.2, 0.25) is 0 Å². The second-order valence-corrected chi connectivity index (χ2v) is 27.3. The van der Waals surface area contributed by atoms with Crippen molar-refractivity contribution in [3.63, 3.8) is 0 Å². The zero-order valence-electron chi connectivity index (χ0n) is 49.7. The van der Waals surface area contributed by atoms with Crippen molar-refractivity contribution in [2.24, 2.45) is 79.8 Å². The molecule has 3 unspecified atom stereocenters. The van der Waals surface area contributed by atoms with Crippen molar-refractivity contribution in [2.45, 2.75) is 298 Å². The van der Waals surface area contributed by atoms with Gasteiger partial charge in [-0.2, -0.15) is 0 Å². The Morgan fingerprint density at radius 3 is 0.988 bits per heavy atom. The molecule has 0 radical (unpaired) electrons. The molecule has 0 aromatic carbocycles. The molecule has 0 saturated heterocycles. The van der Waals surface area contributed by atoms with Crippen LogP contribution in [0.1, 0.15) is 298 Å². The molecule has 0 aromatic rings. The number of esters is 4. The first-order chi connectivity index (χ1) is 34.8. The van der Waals surface area contributed by atoms with Crippen LogP contribution in [0, 0.1) is 79.8 Å². The van der Waals surface area contributed by atoms with E-state index in [0.29, 0.717) is 22.7 Å². The fourth-order valence-corrected chi connectivity index (χ4v) is 12.6. The molecule has 0 amide bonds. The Bertz CT molecular complexity index is 1660. The van der Waals surface area contributed by atoms with E-state index in [9.17, 15) is 19.2 Å². The van der Waals surface area contributed by atoms with Crippen molar-refractivity contribution in [2.75, 3.05) is 53.6 Å². The van der Waals surface area contributed by atoms with E-state index < -0.39 is 21.7 Å². The van der Waals surface area contributed by atoms with Crippen molar-refractivity contribution < 1.29 is 57.1 Å². The topological polar surface area (TPSA) is 142 Å². The van der Waals surface area contributed by atoms with Crippen molar-refractivity contribution >= 4 is 23.9 Å². The van der Waals surface area contributed by atoms with Gasteiger partial charge in [0, 0.05) is 0 Å². The van der Waals surface area contributed by atoms with Crippen LogP contribution in [-0.4, -0.2) is 77.5 Å². The maximum atomic E-state index is 12.0. The number of carbonyl (C=O) groups excluding carboxylic acids is 4. The number of hydrogen-bond donors (Lipinski definition) is 0. The van der Waals surface area contributed by atoms with E-state index in [-0.39, 0.29) is 110 Å². The average molecular weight is 1180 g/mol. The Hall–Kier alpha value is -2.28. The Labute approximate surface area is 509 Å². The van der Waals surface area contributed by atoms with Gasteiger partial charge in [-0.05, 0) is 216 Å². The van der Waals surface area contributed by atoms with Gasteiger partial charge in [0.25, 0.3) is 0 Å². The van der Waals surface area contributed by atoms with Crippen LogP contribution in [0.15, 0.2) is 0 Å². The first kappa shape index (κ1) is 88.5. The highest BCUT2D eigenvalue weighted by atomic mass is 16.7. The summed E-state index contributed by atoms with van der Waals surface area (Å²) in [6, 6.07) is 0. The van der Waals surface area contributed by atoms with E-state index in [1.165, 1.54) is 116 Å². The molecule has 6 bridgehead atoms. The lowest BCUT2D eigenvalue weighted by molar-refractivity contribution is -0.181. The lowest BCUT2D eigenvalue weighted by Crippen LogP contribution is -2.53. The van der Waals surface area contributed by atoms with Gasteiger partial charge in [-0.1, -0.05) is 139 Å². The van der Waals surface area contributed by atoms with Crippen LogP contribution in [0.3, 0.4) is 0 Å². The minimum absolute atomic E-state index is 0. The largest absolute Gasteiger partial charge is 0.438 e. The normalized spacial score (nSPS) is 25.7. The van der Waals surface area contributed by atoms with E-state index in [4.69, 9.17) is 37.9 Å². The standard InChI is InChI=1S/C19H32O3.C16H28O3.C14H26O3.C13H24O3.8CH4/c1-5-18(2,3)17(20)22-12-21-11-19(4)15-7-13-6-14(9-15)10-16(19)8-13;1-5-15(2,3)14(17)19-11-18-10-16(4)9-12-6-7-13(16)8-12;1-4-14(2,3)13(15)17-11-16-10-12-8-6-5-7-9-12;1-4-13(2,3)12(14)16-10-15-9-11-7-5-6-8-11;;;;;;;;/h13-16H,5-12H2,1-4H3;12-13H,5-11H2,1-4H3;12H,4-11H2,1-3H3;11H,4-10H2,1-3H3;8*1H4. The van der Waals surface area contributed by atoms with Crippen LogP contribution < -0.4 is 0 Å². The minimum atomic E-state index is -0.407. The van der Waals surface area contributed by atoms with Crippen LogP contribution in [0.5, 0.6) is 0 Å². The number of carbonyl (C=O) groups is 4. The molecule has 0 aliphatic heterocycles. The Morgan fingerprint density at radius 2 is 0.683 bits per heavy atom. The highest BCUT2D eigenvalue weighted by Gasteiger charge is 2.55. The molecule has 494 valence electrons. The second kappa shape index (κ2) is 41.0. The minimum Gasteiger partial charge on any atom is -0.438 e. The zero-order valence-corrected chi connectivity index (χ0v) is 49.7. The molecule has 8 saturated carbocycles. The van der Waals surface area contributed by atoms with Gasteiger partial charge in [-0.3, -0.25) is 19.2 Å². The van der Waals surface area contributed by atoms with Crippen molar-refractivity contribution in [3.05, 3.63) is 0 Å². The zero-order chi connectivity index (χ0) is 54.8. The van der Waals surface area contributed by atoms with Gasteiger partial charge in [0.05, 0.1) is 48.1 Å². The molecular formula is C70H142O12. The van der Waals surface area contributed by atoms with Gasteiger partial charge in [0.2, 0.25) is 0 Å². The van der Waals surface area contributed by atoms with Crippen LogP contribution >= 0.6 is 0 Å². The number of ether oxygens (including phenoxy) is 8. The van der Waals surface area contributed by atoms with Gasteiger partial charge in [-0.25, -0.2) is 0 Å². The third-order valence-electron chi connectivity index (χ3n) is 19.9. The number of rotatable bonds is 24. The monoisotopic (exact) mass is 1180 g/mol. The number of fused-ring (bicyclic) bond motifs is 2. The van der Waals surface area contributed by atoms with Crippen LogP contribution in [0.25, 0.3) is 0 Å². The molecular weight excluding hydrogens is 1030 g/mol.